The molecule has 0 fully saturated rings. The number of rotatable bonds is 11. The number of hydrogen-bond acceptors (Lipinski definition) is 9. The summed E-state index contributed by atoms with van der Waals surface area (Å²) < 4.78 is 0. The molecule has 0 aliphatic carbocycles. The first-order valence-corrected chi connectivity index (χ1v) is 17.6. The molecule has 0 amide bonds. The molecule has 0 N–H and O–H groups in total. The van der Waals surface area contributed by atoms with Crippen LogP contribution in [-0.4, -0.2) is 30.7 Å². The van der Waals surface area contributed by atoms with E-state index in [0.29, 0.717) is 15.7 Å². The van der Waals surface area contributed by atoms with E-state index in [0.717, 1.165) is 15.1 Å². The van der Waals surface area contributed by atoms with Crippen molar-refractivity contribution >= 4 is 64.8 Å². The Kier molecular flexibility index (Phi) is 18.4. The molecule has 3 aromatic heterocycles. The van der Waals surface area contributed by atoms with E-state index in [4.69, 9.17) is 0 Å². The summed E-state index contributed by atoms with van der Waals surface area (Å²) in [7, 11) is 10.9. The molecule has 3 nitrogen and oxygen atoms in total. The van der Waals surface area contributed by atoms with E-state index in [-0.39, 0.29) is 0 Å². The second-order valence-electron chi connectivity index (χ2n) is 5.92. The van der Waals surface area contributed by atoms with Gasteiger partial charge in [-0.05, 0) is 68.8 Å². The SMILES string of the molecule is CC.CC.CC(SSc1ccccn1)C(SSc1ccccn1)C(C)SSc1ccccn1. The van der Waals surface area contributed by atoms with Gasteiger partial charge < -0.3 is 0 Å². The Morgan fingerprint density at radius 3 is 1.15 bits per heavy atom. The molecule has 33 heavy (non-hydrogen) atoms. The van der Waals surface area contributed by atoms with Gasteiger partial charge in [-0.2, -0.15) is 0 Å². The number of aromatic nitrogens is 3. The highest BCUT2D eigenvalue weighted by molar-refractivity contribution is 8.79. The number of hydrogen-bond donors (Lipinski definition) is 0. The van der Waals surface area contributed by atoms with Crippen molar-refractivity contribution in [2.45, 2.75) is 72.4 Å². The summed E-state index contributed by atoms with van der Waals surface area (Å²) in [4.78, 5) is 13.3. The highest BCUT2D eigenvalue weighted by Gasteiger charge is 2.27. The summed E-state index contributed by atoms with van der Waals surface area (Å²) in [6.07, 6.45) is 5.54. The van der Waals surface area contributed by atoms with Crippen LogP contribution >= 0.6 is 64.8 Å². The molecular formula is C24H33N3S6. The van der Waals surface area contributed by atoms with Crippen LogP contribution in [0.1, 0.15) is 41.5 Å². The lowest BCUT2D eigenvalue weighted by atomic mass is 10.2. The fourth-order valence-electron chi connectivity index (χ4n) is 2.19. The summed E-state index contributed by atoms with van der Waals surface area (Å²) in [5.74, 6) is 0. The van der Waals surface area contributed by atoms with Crippen molar-refractivity contribution in [1.82, 2.24) is 15.0 Å². The summed E-state index contributed by atoms with van der Waals surface area (Å²) in [6.45, 7) is 12.6. The Bertz CT molecular complexity index is 778. The zero-order chi connectivity index (χ0) is 24.3. The Morgan fingerprint density at radius 2 is 0.848 bits per heavy atom. The monoisotopic (exact) mass is 555 g/mol. The second-order valence-corrected chi connectivity index (χ2v) is 13.5. The first-order chi connectivity index (χ1) is 16.2. The van der Waals surface area contributed by atoms with E-state index in [1.54, 1.807) is 32.4 Å². The van der Waals surface area contributed by atoms with E-state index in [1.807, 2.05) is 115 Å². The highest BCUT2D eigenvalue weighted by Crippen LogP contribution is 2.47. The third-order valence-electron chi connectivity index (χ3n) is 3.65. The predicted octanol–water partition coefficient (Wildman–Crippen LogP) is 9.69. The third-order valence-corrected chi connectivity index (χ3v) is 12.6. The lowest BCUT2D eigenvalue weighted by Crippen LogP contribution is -2.25. The van der Waals surface area contributed by atoms with Crippen LogP contribution in [0, 0.1) is 0 Å². The zero-order valence-corrected chi connectivity index (χ0v) is 24.9. The molecule has 0 bridgehead atoms. The molecule has 180 valence electrons. The van der Waals surface area contributed by atoms with Gasteiger partial charge in [0.15, 0.2) is 0 Å². The molecular weight excluding hydrogens is 523 g/mol. The molecule has 3 heterocycles. The van der Waals surface area contributed by atoms with E-state index >= 15 is 0 Å². The lowest BCUT2D eigenvalue weighted by Gasteiger charge is -2.27. The highest BCUT2D eigenvalue weighted by atomic mass is 33.1. The molecule has 0 radical (unpaired) electrons. The van der Waals surface area contributed by atoms with Gasteiger partial charge in [0.05, 0.1) is 0 Å². The maximum absolute atomic E-state index is 4.45. The predicted molar refractivity (Wildman–Crippen MR) is 158 cm³/mol. The number of nitrogens with zero attached hydrogens (tertiary/aromatic N) is 3. The van der Waals surface area contributed by atoms with Crippen molar-refractivity contribution in [3.8, 4) is 0 Å². The van der Waals surface area contributed by atoms with Gasteiger partial charge in [0.1, 0.15) is 15.1 Å². The van der Waals surface area contributed by atoms with E-state index in [9.17, 15) is 0 Å². The maximum Gasteiger partial charge on any atom is 0.106 e. The van der Waals surface area contributed by atoms with Gasteiger partial charge in [-0.1, -0.05) is 92.1 Å². The van der Waals surface area contributed by atoms with Crippen molar-refractivity contribution < 1.29 is 0 Å². The summed E-state index contributed by atoms with van der Waals surface area (Å²) in [5, 5.41) is 4.46. The quantitative estimate of drug-likeness (QED) is 0.215. The van der Waals surface area contributed by atoms with Gasteiger partial charge in [-0.15, -0.1) is 0 Å². The normalized spacial score (nSPS) is 12.9. The Hall–Kier alpha value is -0.450. The Morgan fingerprint density at radius 1 is 0.515 bits per heavy atom. The van der Waals surface area contributed by atoms with Crippen molar-refractivity contribution in [2.75, 3.05) is 0 Å². The van der Waals surface area contributed by atoms with E-state index in [1.165, 1.54) is 0 Å². The molecule has 9 heteroatoms. The van der Waals surface area contributed by atoms with Crippen LogP contribution < -0.4 is 0 Å². The second kappa shape index (κ2) is 19.8. The molecule has 0 aromatic carbocycles. The van der Waals surface area contributed by atoms with Crippen LogP contribution in [-0.2, 0) is 0 Å². The van der Waals surface area contributed by atoms with Crippen molar-refractivity contribution in [3.05, 3.63) is 73.2 Å². The van der Waals surface area contributed by atoms with Crippen LogP contribution in [0.15, 0.2) is 88.3 Å². The summed E-state index contributed by atoms with van der Waals surface area (Å²) in [5.41, 5.74) is 0. The fraction of sp³-hybridized carbons (Fsp3) is 0.375. The molecule has 0 aliphatic rings. The van der Waals surface area contributed by atoms with Gasteiger partial charge in [-0.25, -0.2) is 15.0 Å². The van der Waals surface area contributed by atoms with Gasteiger partial charge in [0.25, 0.3) is 0 Å². The Labute approximate surface area is 223 Å². The van der Waals surface area contributed by atoms with E-state index < -0.39 is 0 Å². The van der Waals surface area contributed by atoms with Crippen LogP contribution in [0.5, 0.6) is 0 Å². The van der Waals surface area contributed by atoms with Crippen LogP contribution in [0.25, 0.3) is 0 Å². The summed E-state index contributed by atoms with van der Waals surface area (Å²) >= 11 is 0. The minimum Gasteiger partial charge on any atom is -0.249 e. The first-order valence-electron chi connectivity index (χ1n) is 11.0. The number of pyridine rings is 3. The van der Waals surface area contributed by atoms with Crippen LogP contribution in [0.3, 0.4) is 0 Å². The zero-order valence-electron chi connectivity index (χ0n) is 20.0. The van der Waals surface area contributed by atoms with Gasteiger partial charge in [-0.3, -0.25) is 0 Å². The first kappa shape index (κ1) is 30.6. The molecule has 3 rings (SSSR count). The topological polar surface area (TPSA) is 38.7 Å². The molecule has 2 atom stereocenters. The standard InChI is InChI=1S/C20H21N3S6.2C2H6/c1-15(24-26-17-9-3-6-12-21-17)20(29-28-19-11-5-8-14-23-19)16(2)25-27-18-10-4-7-13-22-18;2*1-2/h3-16,20H,1-2H3;2*1-2H3. The minimum absolute atomic E-state index is 0.435. The molecule has 0 aliphatic heterocycles. The van der Waals surface area contributed by atoms with Crippen molar-refractivity contribution in [3.63, 3.8) is 0 Å². The van der Waals surface area contributed by atoms with E-state index in [2.05, 4.69) is 47.0 Å². The molecule has 0 spiro atoms. The minimum atomic E-state index is 0.435. The fourth-order valence-corrected chi connectivity index (χ4v) is 11.0. The van der Waals surface area contributed by atoms with Gasteiger partial charge in [0.2, 0.25) is 0 Å². The average molecular weight is 556 g/mol. The average Bonchev–Trinajstić information content (AvgIpc) is 2.90. The molecule has 0 saturated heterocycles. The van der Waals surface area contributed by atoms with Gasteiger partial charge >= 0.3 is 0 Å². The van der Waals surface area contributed by atoms with Crippen LogP contribution in [0.4, 0.5) is 0 Å². The van der Waals surface area contributed by atoms with Crippen LogP contribution in [0.2, 0.25) is 0 Å². The molecule has 0 saturated carbocycles. The Balaban J connectivity index is 0.00000129. The molecule has 2 unspecified atom stereocenters. The summed E-state index contributed by atoms with van der Waals surface area (Å²) in [6, 6.07) is 18.1. The van der Waals surface area contributed by atoms with Crippen molar-refractivity contribution in [2.24, 2.45) is 0 Å². The van der Waals surface area contributed by atoms with Gasteiger partial charge in [0, 0.05) is 34.3 Å². The smallest absolute Gasteiger partial charge is 0.106 e. The lowest BCUT2D eigenvalue weighted by molar-refractivity contribution is 0.835. The maximum atomic E-state index is 4.45. The third kappa shape index (κ3) is 12.7. The largest absolute Gasteiger partial charge is 0.249 e. The molecule has 3 aromatic rings. The van der Waals surface area contributed by atoms with Crippen molar-refractivity contribution in [1.29, 1.82) is 0 Å².